The maximum atomic E-state index is 12.7. The molecular formula is C13H18F3N3O. The molecule has 0 aromatic carbocycles. The number of rotatable bonds is 5. The summed E-state index contributed by atoms with van der Waals surface area (Å²) in [6.45, 7) is 4.55. The number of morpholine rings is 1. The minimum Gasteiger partial charge on any atom is -0.379 e. The molecule has 0 saturated carbocycles. The predicted molar refractivity (Wildman–Crippen MR) is 69.6 cm³/mol. The summed E-state index contributed by atoms with van der Waals surface area (Å²) >= 11 is 0. The zero-order chi connectivity index (χ0) is 14.4. The monoisotopic (exact) mass is 289 g/mol. The molecule has 4 nitrogen and oxygen atoms in total. The number of anilines is 1. The molecular weight excluding hydrogens is 271 g/mol. The number of hydrogen-bond acceptors (Lipinski definition) is 4. The van der Waals surface area contributed by atoms with Gasteiger partial charge in [-0.15, -0.1) is 0 Å². The summed E-state index contributed by atoms with van der Waals surface area (Å²) in [6, 6.07) is 2.33. The summed E-state index contributed by atoms with van der Waals surface area (Å²) in [5, 5.41) is 2.77. The van der Waals surface area contributed by atoms with Crippen molar-refractivity contribution in [1.29, 1.82) is 0 Å². The van der Waals surface area contributed by atoms with Gasteiger partial charge in [-0.05, 0) is 25.1 Å². The Morgan fingerprint density at radius 1 is 1.30 bits per heavy atom. The largest absolute Gasteiger partial charge is 0.419 e. The highest BCUT2D eigenvalue weighted by Crippen LogP contribution is 2.33. The van der Waals surface area contributed by atoms with Crippen LogP contribution in [-0.2, 0) is 10.9 Å². The summed E-state index contributed by atoms with van der Waals surface area (Å²) in [5.41, 5.74) is -0.716. The van der Waals surface area contributed by atoms with E-state index in [9.17, 15) is 13.2 Å². The first-order valence-electron chi connectivity index (χ1n) is 6.63. The maximum absolute atomic E-state index is 12.7. The minimum atomic E-state index is -4.37. The highest BCUT2D eigenvalue weighted by molar-refractivity contribution is 5.45. The molecule has 7 heteroatoms. The van der Waals surface area contributed by atoms with Crippen molar-refractivity contribution in [1.82, 2.24) is 9.88 Å². The second-order valence-electron chi connectivity index (χ2n) is 4.63. The predicted octanol–water partition coefficient (Wildman–Crippen LogP) is 2.23. The van der Waals surface area contributed by atoms with E-state index in [1.807, 2.05) is 0 Å². The Bertz CT molecular complexity index is 420. The van der Waals surface area contributed by atoms with E-state index in [1.54, 1.807) is 0 Å². The van der Waals surface area contributed by atoms with Crippen LogP contribution in [-0.4, -0.2) is 49.3 Å². The van der Waals surface area contributed by atoms with Crippen molar-refractivity contribution >= 4 is 5.82 Å². The quantitative estimate of drug-likeness (QED) is 0.844. The molecule has 0 unspecified atom stereocenters. The van der Waals surface area contributed by atoms with Crippen molar-refractivity contribution in [2.45, 2.75) is 12.6 Å². The van der Waals surface area contributed by atoms with Crippen molar-refractivity contribution in [2.24, 2.45) is 0 Å². The molecule has 112 valence electrons. The average Bonchev–Trinajstić information content (AvgIpc) is 2.44. The normalized spacial score (nSPS) is 17.1. The molecule has 0 bridgehead atoms. The van der Waals surface area contributed by atoms with Gasteiger partial charge >= 0.3 is 6.18 Å². The lowest BCUT2D eigenvalue weighted by atomic mass is 10.2. The third kappa shape index (κ3) is 4.35. The van der Waals surface area contributed by atoms with Gasteiger partial charge < -0.3 is 10.1 Å². The van der Waals surface area contributed by atoms with Crippen molar-refractivity contribution < 1.29 is 17.9 Å². The van der Waals surface area contributed by atoms with Gasteiger partial charge in [0.05, 0.1) is 18.8 Å². The molecule has 2 heterocycles. The van der Waals surface area contributed by atoms with Crippen molar-refractivity contribution in [2.75, 3.05) is 44.7 Å². The number of alkyl halides is 3. The molecule has 0 aliphatic carbocycles. The molecule has 20 heavy (non-hydrogen) atoms. The van der Waals surface area contributed by atoms with Crippen LogP contribution in [0.25, 0.3) is 0 Å². The zero-order valence-electron chi connectivity index (χ0n) is 11.1. The SMILES string of the molecule is FC(F)(F)c1cccnc1NCCCN1CCOCC1. The van der Waals surface area contributed by atoms with Crippen LogP contribution in [0.5, 0.6) is 0 Å². The van der Waals surface area contributed by atoms with E-state index < -0.39 is 11.7 Å². The van der Waals surface area contributed by atoms with Gasteiger partial charge in [-0.1, -0.05) is 0 Å². The van der Waals surface area contributed by atoms with Crippen molar-refractivity contribution in [3.8, 4) is 0 Å². The third-order valence-electron chi connectivity index (χ3n) is 3.16. The van der Waals surface area contributed by atoms with Crippen LogP contribution in [0.4, 0.5) is 19.0 Å². The Balaban J connectivity index is 1.79. The first-order valence-corrected chi connectivity index (χ1v) is 6.63. The van der Waals surface area contributed by atoms with Crippen LogP contribution in [0.3, 0.4) is 0 Å². The molecule has 1 aliphatic heterocycles. The molecule has 0 spiro atoms. The van der Waals surface area contributed by atoms with Crippen LogP contribution in [0.2, 0.25) is 0 Å². The van der Waals surface area contributed by atoms with Gasteiger partial charge in [-0.25, -0.2) is 4.98 Å². The van der Waals surface area contributed by atoms with E-state index in [0.29, 0.717) is 6.54 Å². The topological polar surface area (TPSA) is 37.4 Å². The van der Waals surface area contributed by atoms with Gasteiger partial charge in [-0.2, -0.15) is 13.2 Å². The van der Waals surface area contributed by atoms with Crippen LogP contribution in [0.15, 0.2) is 18.3 Å². The Morgan fingerprint density at radius 2 is 2.05 bits per heavy atom. The molecule has 0 atom stereocenters. The Morgan fingerprint density at radius 3 is 2.75 bits per heavy atom. The number of hydrogen-bond donors (Lipinski definition) is 1. The van der Waals surface area contributed by atoms with Gasteiger partial charge in [-0.3, -0.25) is 4.90 Å². The minimum absolute atomic E-state index is 0.0954. The molecule has 0 amide bonds. The van der Waals surface area contributed by atoms with E-state index in [0.717, 1.165) is 45.3 Å². The Labute approximate surface area is 115 Å². The molecule has 1 aromatic rings. The molecule has 2 rings (SSSR count). The van der Waals surface area contributed by atoms with Gasteiger partial charge in [0, 0.05) is 25.8 Å². The van der Waals surface area contributed by atoms with Crippen LogP contribution in [0, 0.1) is 0 Å². The Kier molecular flexibility index (Phi) is 5.19. The van der Waals surface area contributed by atoms with Gasteiger partial charge in [0.2, 0.25) is 0 Å². The molecule has 1 fully saturated rings. The zero-order valence-corrected chi connectivity index (χ0v) is 11.1. The maximum Gasteiger partial charge on any atom is 0.419 e. The molecule has 1 aliphatic rings. The van der Waals surface area contributed by atoms with Crippen LogP contribution in [0.1, 0.15) is 12.0 Å². The number of ether oxygens (including phenoxy) is 1. The highest BCUT2D eigenvalue weighted by atomic mass is 19.4. The van der Waals surface area contributed by atoms with Gasteiger partial charge in [0.25, 0.3) is 0 Å². The number of nitrogens with one attached hydrogen (secondary N) is 1. The second kappa shape index (κ2) is 6.90. The third-order valence-corrected chi connectivity index (χ3v) is 3.16. The fourth-order valence-electron chi connectivity index (χ4n) is 2.11. The highest BCUT2D eigenvalue weighted by Gasteiger charge is 2.33. The van der Waals surface area contributed by atoms with E-state index >= 15 is 0 Å². The summed E-state index contributed by atoms with van der Waals surface area (Å²) < 4.78 is 43.5. The smallest absolute Gasteiger partial charge is 0.379 e. The van der Waals surface area contributed by atoms with E-state index in [1.165, 1.54) is 12.3 Å². The summed E-state index contributed by atoms with van der Waals surface area (Å²) in [6.07, 6.45) is -2.24. The Hall–Kier alpha value is -1.34. The summed E-state index contributed by atoms with van der Waals surface area (Å²) in [7, 11) is 0. The van der Waals surface area contributed by atoms with Crippen LogP contribution < -0.4 is 5.32 Å². The molecule has 1 saturated heterocycles. The van der Waals surface area contributed by atoms with Crippen LogP contribution >= 0.6 is 0 Å². The standard InChI is InChI=1S/C13H18F3N3O/c14-13(15,16)11-3-1-4-17-12(11)18-5-2-6-19-7-9-20-10-8-19/h1,3-4H,2,5-10H2,(H,17,18). The lowest BCUT2D eigenvalue weighted by Gasteiger charge is -2.26. The van der Waals surface area contributed by atoms with Crippen molar-refractivity contribution in [3.05, 3.63) is 23.9 Å². The van der Waals surface area contributed by atoms with E-state index in [4.69, 9.17) is 4.74 Å². The summed E-state index contributed by atoms with van der Waals surface area (Å²) in [4.78, 5) is 6.01. The molecule has 0 radical (unpaired) electrons. The number of halogens is 3. The fourth-order valence-corrected chi connectivity index (χ4v) is 2.11. The summed E-state index contributed by atoms with van der Waals surface area (Å²) in [5.74, 6) is -0.0954. The van der Waals surface area contributed by atoms with Crippen molar-refractivity contribution in [3.63, 3.8) is 0 Å². The first-order chi connectivity index (χ1) is 9.57. The first kappa shape index (κ1) is 15.1. The molecule has 1 aromatic heterocycles. The average molecular weight is 289 g/mol. The lowest BCUT2D eigenvalue weighted by Crippen LogP contribution is -2.37. The van der Waals surface area contributed by atoms with E-state index in [2.05, 4.69) is 15.2 Å². The number of nitrogens with zero attached hydrogens (tertiary/aromatic N) is 2. The molecule has 1 N–H and O–H groups in total. The lowest BCUT2D eigenvalue weighted by molar-refractivity contribution is -0.137. The fraction of sp³-hybridized carbons (Fsp3) is 0.615. The number of aromatic nitrogens is 1. The van der Waals surface area contributed by atoms with Gasteiger partial charge in [0.15, 0.2) is 0 Å². The van der Waals surface area contributed by atoms with Gasteiger partial charge in [0.1, 0.15) is 5.82 Å². The second-order valence-corrected chi connectivity index (χ2v) is 4.63. The number of pyridine rings is 1. The van der Waals surface area contributed by atoms with E-state index in [-0.39, 0.29) is 5.82 Å².